The number of hydrogen-bond acceptors (Lipinski definition) is 7. The maximum absolute atomic E-state index is 12.6. The molecule has 0 aliphatic carbocycles. The molecule has 0 heterocycles. The second kappa shape index (κ2) is 8.64. The van der Waals surface area contributed by atoms with Crippen LogP contribution < -0.4 is 14.1 Å². The van der Waals surface area contributed by atoms with E-state index < -0.39 is 20.2 Å². The topological polar surface area (TPSA) is 113 Å². The molecule has 0 saturated heterocycles. The molecule has 152 valence electrons. The third-order valence-electron chi connectivity index (χ3n) is 3.90. The van der Waals surface area contributed by atoms with Crippen molar-refractivity contribution in [2.45, 2.75) is 16.2 Å². The van der Waals surface area contributed by atoms with Crippen molar-refractivity contribution in [2.24, 2.45) is 5.73 Å². The lowest BCUT2D eigenvalue weighted by Crippen LogP contribution is -2.14. The number of benzene rings is 3. The highest BCUT2D eigenvalue weighted by molar-refractivity contribution is 7.87. The molecule has 0 aliphatic rings. The summed E-state index contributed by atoms with van der Waals surface area (Å²) in [5.74, 6) is -0.478. The molecule has 0 atom stereocenters. The van der Waals surface area contributed by atoms with Gasteiger partial charge in [0.1, 0.15) is 9.79 Å². The van der Waals surface area contributed by atoms with Gasteiger partial charge in [0, 0.05) is 0 Å². The molecule has 0 amide bonds. The SMILES string of the molecule is NCCc1ccc(OS(=O)(=O)c2ccccc2)c(OS(=O)(=O)c2ccccc2)c1. The first-order valence-corrected chi connectivity index (χ1v) is 11.5. The lowest BCUT2D eigenvalue weighted by atomic mass is 10.1. The Labute approximate surface area is 170 Å². The van der Waals surface area contributed by atoms with Crippen LogP contribution in [0.4, 0.5) is 0 Å². The van der Waals surface area contributed by atoms with Crippen molar-refractivity contribution in [2.75, 3.05) is 6.54 Å². The van der Waals surface area contributed by atoms with E-state index in [0.717, 1.165) is 0 Å². The van der Waals surface area contributed by atoms with Gasteiger partial charge < -0.3 is 14.1 Å². The average Bonchev–Trinajstić information content (AvgIpc) is 2.71. The first kappa shape index (κ1) is 20.8. The van der Waals surface area contributed by atoms with Crippen molar-refractivity contribution in [1.82, 2.24) is 0 Å². The van der Waals surface area contributed by atoms with Gasteiger partial charge in [-0.3, -0.25) is 0 Å². The van der Waals surface area contributed by atoms with Crippen molar-refractivity contribution in [3.8, 4) is 11.5 Å². The average molecular weight is 434 g/mol. The monoisotopic (exact) mass is 433 g/mol. The molecule has 0 fully saturated rings. The zero-order valence-electron chi connectivity index (χ0n) is 15.3. The molecule has 3 aromatic carbocycles. The van der Waals surface area contributed by atoms with Gasteiger partial charge in [-0.05, 0) is 54.9 Å². The van der Waals surface area contributed by atoms with E-state index in [9.17, 15) is 16.8 Å². The van der Waals surface area contributed by atoms with Crippen LogP contribution in [0.5, 0.6) is 11.5 Å². The highest BCUT2D eigenvalue weighted by Gasteiger charge is 2.23. The summed E-state index contributed by atoms with van der Waals surface area (Å²) in [6, 6.07) is 19.4. The van der Waals surface area contributed by atoms with E-state index >= 15 is 0 Å². The maximum Gasteiger partial charge on any atom is 0.339 e. The van der Waals surface area contributed by atoms with E-state index in [0.29, 0.717) is 18.5 Å². The number of hydrogen-bond donors (Lipinski definition) is 1. The molecule has 7 nitrogen and oxygen atoms in total. The smallest absolute Gasteiger partial charge is 0.339 e. The van der Waals surface area contributed by atoms with Crippen molar-refractivity contribution >= 4 is 20.2 Å². The van der Waals surface area contributed by atoms with Crippen molar-refractivity contribution in [3.63, 3.8) is 0 Å². The van der Waals surface area contributed by atoms with Gasteiger partial charge in [0.15, 0.2) is 11.5 Å². The standard InChI is InChI=1S/C20H19NO6S2/c21-14-13-16-11-12-19(26-28(22,23)17-7-3-1-4-8-17)20(15-16)27-29(24,25)18-9-5-2-6-10-18/h1-12,15H,13-14,21H2. The van der Waals surface area contributed by atoms with Gasteiger partial charge in [-0.2, -0.15) is 16.8 Å². The third-order valence-corrected chi connectivity index (χ3v) is 6.40. The predicted octanol–water partition coefficient (Wildman–Crippen LogP) is 2.72. The lowest BCUT2D eigenvalue weighted by Gasteiger charge is -2.14. The van der Waals surface area contributed by atoms with E-state index in [2.05, 4.69) is 0 Å². The summed E-state index contributed by atoms with van der Waals surface area (Å²) in [6.07, 6.45) is 0.452. The zero-order valence-corrected chi connectivity index (χ0v) is 16.9. The quantitative estimate of drug-likeness (QED) is 0.544. The molecule has 0 radical (unpaired) electrons. The van der Waals surface area contributed by atoms with Crippen molar-refractivity contribution < 1.29 is 25.2 Å². The fraction of sp³-hybridized carbons (Fsp3) is 0.100. The van der Waals surface area contributed by atoms with Crippen molar-refractivity contribution in [1.29, 1.82) is 0 Å². The highest BCUT2D eigenvalue weighted by atomic mass is 32.2. The van der Waals surface area contributed by atoms with Crippen LogP contribution in [0.25, 0.3) is 0 Å². The van der Waals surface area contributed by atoms with Crippen LogP contribution in [0.1, 0.15) is 5.56 Å². The van der Waals surface area contributed by atoms with Gasteiger partial charge in [-0.15, -0.1) is 0 Å². The summed E-state index contributed by atoms with van der Waals surface area (Å²) in [5, 5.41) is 0. The lowest BCUT2D eigenvalue weighted by molar-refractivity contribution is 0.449. The molecular formula is C20H19NO6S2. The fourth-order valence-electron chi connectivity index (χ4n) is 2.52. The number of nitrogens with two attached hydrogens (primary N) is 1. The van der Waals surface area contributed by atoms with Crippen LogP contribution >= 0.6 is 0 Å². The van der Waals surface area contributed by atoms with Crippen LogP contribution in [0.2, 0.25) is 0 Å². The Morgan fingerprint density at radius 2 is 1.14 bits per heavy atom. The molecule has 0 bridgehead atoms. The molecule has 0 aromatic heterocycles. The van der Waals surface area contributed by atoms with E-state index in [-0.39, 0.29) is 21.3 Å². The Kier molecular flexibility index (Phi) is 6.21. The molecule has 0 unspecified atom stereocenters. The van der Waals surface area contributed by atoms with Crippen LogP contribution in [-0.4, -0.2) is 23.4 Å². The van der Waals surface area contributed by atoms with Crippen LogP contribution in [0, 0.1) is 0 Å². The summed E-state index contributed by atoms with van der Waals surface area (Å²) in [7, 11) is -8.37. The van der Waals surface area contributed by atoms with Crippen LogP contribution in [0.15, 0.2) is 88.7 Å². The van der Waals surface area contributed by atoms with Gasteiger partial charge in [-0.1, -0.05) is 42.5 Å². The van der Waals surface area contributed by atoms with Crippen molar-refractivity contribution in [3.05, 3.63) is 84.4 Å². The normalized spacial score (nSPS) is 11.8. The third kappa shape index (κ3) is 5.14. The summed E-state index contributed by atoms with van der Waals surface area (Å²) in [5.41, 5.74) is 6.23. The maximum atomic E-state index is 12.6. The minimum Gasteiger partial charge on any atom is -0.375 e. The van der Waals surface area contributed by atoms with Crippen LogP contribution in [0.3, 0.4) is 0 Å². The molecule has 2 N–H and O–H groups in total. The first-order valence-electron chi connectivity index (χ1n) is 8.64. The van der Waals surface area contributed by atoms with Gasteiger partial charge in [0.05, 0.1) is 0 Å². The second-order valence-electron chi connectivity index (χ2n) is 6.02. The Hall–Kier alpha value is -2.88. The highest BCUT2D eigenvalue weighted by Crippen LogP contribution is 2.33. The zero-order chi connectivity index (χ0) is 20.9. The molecule has 0 aliphatic heterocycles. The Morgan fingerprint density at radius 1 is 0.655 bits per heavy atom. The van der Waals surface area contributed by atoms with E-state index in [1.54, 1.807) is 42.5 Å². The number of rotatable bonds is 8. The molecule has 9 heteroatoms. The van der Waals surface area contributed by atoms with E-state index in [1.165, 1.54) is 36.4 Å². The summed E-state index contributed by atoms with van der Waals surface area (Å²) < 4.78 is 60.7. The molecular weight excluding hydrogens is 414 g/mol. The van der Waals surface area contributed by atoms with Gasteiger partial charge in [-0.25, -0.2) is 0 Å². The second-order valence-corrected chi connectivity index (χ2v) is 9.11. The summed E-state index contributed by atoms with van der Waals surface area (Å²) in [6.45, 7) is 0.327. The predicted molar refractivity (Wildman–Crippen MR) is 108 cm³/mol. The molecule has 0 saturated carbocycles. The Morgan fingerprint density at radius 3 is 1.62 bits per heavy atom. The molecule has 0 spiro atoms. The minimum absolute atomic E-state index is 0.0668. The largest absolute Gasteiger partial charge is 0.375 e. The fourth-order valence-corrected chi connectivity index (χ4v) is 4.43. The summed E-state index contributed by atoms with van der Waals surface area (Å²) in [4.78, 5) is -0.135. The van der Waals surface area contributed by atoms with Gasteiger partial charge in [0.25, 0.3) is 0 Å². The van der Waals surface area contributed by atoms with Crippen LogP contribution in [-0.2, 0) is 26.7 Å². The van der Waals surface area contributed by atoms with E-state index in [4.69, 9.17) is 14.1 Å². The van der Waals surface area contributed by atoms with Gasteiger partial charge >= 0.3 is 20.2 Å². The van der Waals surface area contributed by atoms with E-state index in [1.807, 2.05) is 0 Å². The molecule has 3 rings (SSSR count). The summed E-state index contributed by atoms with van der Waals surface area (Å²) >= 11 is 0. The van der Waals surface area contributed by atoms with Gasteiger partial charge in [0.2, 0.25) is 0 Å². The molecule has 29 heavy (non-hydrogen) atoms. The Balaban J connectivity index is 2.00. The molecule has 3 aromatic rings. The first-order chi connectivity index (χ1) is 13.8. The Bertz CT molecular complexity index is 1180. The minimum atomic E-state index is -4.19.